The van der Waals surface area contributed by atoms with Gasteiger partial charge in [0.05, 0.1) is 17.4 Å². The summed E-state index contributed by atoms with van der Waals surface area (Å²) in [6, 6.07) is 13.2. The summed E-state index contributed by atoms with van der Waals surface area (Å²) in [6.45, 7) is 2.97. The van der Waals surface area contributed by atoms with Crippen LogP contribution < -0.4 is 5.56 Å². The molecule has 2 aromatic heterocycles. The Kier molecular flexibility index (Phi) is 4.74. The minimum absolute atomic E-state index is 0.105. The largest absolute Gasteiger partial charge is 0.336 e. The number of benzene rings is 2. The Morgan fingerprint density at radius 2 is 1.81 bits per heavy atom. The summed E-state index contributed by atoms with van der Waals surface area (Å²) in [6.07, 6.45) is 0. The zero-order valence-electron chi connectivity index (χ0n) is 17.0. The fraction of sp³-hybridized carbons (Fsp3) is 0.273. The highest BCUT2D eigenvalue weighted by molar-refractivity contribution is 5.94. The van der Waals surface area contributed by atoms with Crippen molar-refractivity contribution < 1.29 is 9.18 Å². The molecule has 1 aliphatic heterocycles. The Morgan fingerprint density at radius 1 is 1.03 bits per heavy atom. The molecule has 9 heteroatoms. The van der Waals surface area contributed by atoms with E-state index in [0.29, 0.717) is 49.5 Å². The van der Waals surface area contributed by atoms with Crippen molar-refractivity contribution in [1.82, 2.24) is 29.0 Å². The lowest BCUT2D eigenvalue weighted by molar-refractivity contribution is 0.0624. The maximum atomic E-state index is 13.4. The molecule has 0 unspecified atom stereocenters. The molecule has 158 valence electrons. The quantitative estimate of drug-likeness (QED) is 0.504. The van der Waals surface area contributed by atoms with E-state index in [-0.39, 0.29) is 11.5 Å². The van der Waals surface area contributed by atoms with E-state index < -0.39 is 5.82 Å². The zero-order chi connectivity index (χ0) is 21.5. The number of halogens is 1. The summed E-state index contributed by atoms with van der Waals surface area (Å²) in [5, 5.41) is 9.19. The Hall–Kier alpha value is -3.59. The van der Waals surface area contributed by atoms with Gasteiger partial charge < -0.3 is 4.90 Å². The first kappa shape index (κ1) is 19.4. The molecule has 1 aliphatic rings. The van der Waals surface area contributed by atoms with Crippen LogP contribution in [0.15, 0.2) is 53.3 Å². The number of rotatable bonds is 3. The molecule has 0 N–H and O–H groups in total. The number of piperazine rings is 1. The molecule has 5 rings (SSSR count). The van der Waals surface area contributed by atoms with Crippen molar-refractivity contribution in [2.75, 3.05) is 26.2 Å². The van der Waals surface area contributed by atoms with Gasteiger partial charge in [-0.3, -0.25) is 23.5 Å². The molecular formula is C22H21FN6O2. The normalized spacial score (nSPS) is 15.1. The van der Waals surface area contributed by atoms with Crippen LogP contribution in [0.25, 0.3) is 16.7 Å². The van der Waals surface area contributed by atoms with E-state index in [1.807, 2.05) is 22.6 Å². The van der Waals surface area contributed by atoms with Gasteiger partial charge in [-0.1, -0.05) is 18.2 Å². The molecule has 0 aliphatic carbocycles. The number of carbonyl (C=O) groups excluding carboxylic acids is 1. The number of para-hydroxylation sites is 1. The van der Waals surface area contributed by atoms with Gasteiger partial charge >= 0.3 is 0 Å². The van der Waals surface area contributed by atoms with Crippen molar-refractivity contribution in [2.45, 2.75) is 6.54 Å². The molecule has 0 saturated carbocycles. The number of aromatic nitrogens is 4. The van der Waals surface area contributed by atoms with Crippen molar-refractivity contribution in [3.8, 4) is 0 Å². The van der Waals surface area contributed by atoms with Crippen LogP contribution in [0.3, 0.4) is 0 Å². The van der Waals surface area contributed by atoms with Crippen LogP contribution >= 0.6 is 0 Å². The molecule has 3 heterocycles. The number of nitrogens with zero attached hydrogens (tertiary/aromatic N) is 6. The topological polar surface area (TPSA) is 75.7 Å². The molecule has 1 amide bonds. The summed E-state index contributed by atoms with van der Waals surface area (Å²) in [5.74, 6) is 0.670. The van der Waals surface area contributed by atoms with Gasteiger partial charge in [-0.15, -0.1) is 10.2 Å². The Balaban J connectivity index is 1.36. The Labute approximate surface area is 177 Å². The average molecular weight is 420 g/mol. The molecule has 0 spiro atoms. The van der Waals surface area contributed by atoms with Crippen LogP contribution in [-0.4, -0.2) is 61.1 Å². The third-order valence-corrected chi connectivity index (χ3v) is 5.79. The molecule has 8 nitrogen and oxygen atoms in total. The predicted octanol–water partition coefficient (Wildman–Crippen LogP) is 1.68. The van der Waals surface area contributed by atoms with Crippen molar-refractivity contribution in [3.63, 3.8) is 0 Å². The van der Waals surface area contributed by atoms with Crippen LogP contribution in [0, 0.1) is 5.82 Å². The third-order valence-electron chi connectivity index (χ3n) is 5.79. The number of carbonyl (C=O) groups is 1. The third kappa shape index (κ3) is 3.36. The number of aryl methyl sites for hydroxylation is 1. The molecule has 4 aromatic rings. The van der Waals surface area contributed by atoms with Gasteiger partial charge in [0, 0.05) is 38.8 Å². The van der Waals surface area contributed by atoms with Crippen LogP contribution in [0.2, 0.25) is 0 Å². The first-order valence-electron chi connectivity index (χ1n) is 10.1. The molecular weight excluding hydrogens is 399 g/mol. The van der Waals surface area contributed by atoms with Crippen molar-refractivity contribution in [3.05, 3.63) is 76.1 Å². The Bertz CT molecular complexity index is 1350. The lowest BCUT2D eigenvalue weighted by Gasteiger charge is -2.34. The van der Waals surface area contributed by atoms with E-state index in [2.05, 4.69) is 15.1 Å². The first-order valence-corrected chi connectivity index (χ1v) is 10.1. The number of amides is 1. The van der Waals surface area contributed by atoms with Crippen LogP contribution in [0.4, 0.5) is 4.39 Å². The summed E-state index contributed by atoms with van der Waals surface area (Å²) >= 11 is 0. The van der Waals surface area contributed by atoms with Crippen molar-refractivity contribution in [1.29, 1.82) is 0 Å². The average Bonchev–Trinajstić information content (AvgIpc) is 3.21. The minimum atomic E-state index is -0.412. The summed E-state index contributed by atoms with van der Waals surface area (Å²) in [7, 11) is 1.69. The predicted molar refractivity (Wildman–Crippen MR) is 113 cm³/mol. The maximum Gasteiger partial charge on any atom is 0.262 e. The molecule has 0 bridgehead atoms. The maximum absolute atomic E-state index is 13.4. The van der Waals surface area contributed by atoms with Gasteiger partial charge in [-0.05, 0) is 30.3 Å². The monoisotopic (exact) mass is 420 g/mol. The molecule has 1 fully saturated rings. The van der Waals surface area contributed by atoms with E-state index in [1.165, 1.54) is 16.7 Å². The number of fused-ring (bicyclic) bond motifs is 3. The van der Waals surface area contributed by atoms with E-state index in [9.17, 15) is 14.0 Å². The minimum Gasteiger partial charge on any atom is -0.336 e. The number of hydrogen-bond acceptors (Lipinski definition) is 5. The van der Waals surface area contributed by atoms with Crippen LogP contribution in [0.1, 0.15) is 16.2 Å². The fourth-order valence-corrected chi connectivity index (χ4v) is 4.11. The summed E-state index contributed by atoms with van der Waals surface area (Å²) in [4.78, 5) is 29.2. The summed E-state index contributed by atoms with van der Waals surface area (Å²) in [5.41, 5.74) is 1.04. The van der Waals surface area contributed by atoms with Crippen LogP contribution in [0.5, 0.6) is 0 Å². The highest BCUT2D eigenvalue weighted by atomic mass is 19.1. The van der Waals surface area contributed by atoms with Gasteiger partial charge in [0.25, 0.3) is 11.5 Å². The molecule has 31 heavy (non-hydrogen) atoms. The van der Waals surface area contributed by atoms with E-state index >= 15 is 0 Å². The van der Waals surface area contributed by atoms with Gasteiger partial charge in [0.15, 0.2) is 5.82 Å². The second kappa shape index (κ2) is 7.59. The van der Waals surface area contributed by atoms with Gasteiger partial charge in [-0.2, -0.15) is 0 Å². The smallest absolute Gasteiger partial charge is 0.262 e. The fourth-order valence-electron chi connectivity index (χ4n) is 4.11. The first-order chi connectivity index (χ1) is 15.0. The summed E-state index contributed by atoms with van der Waals surface area (Å²) < 4.78 is 16.9. The van der Waals surface area contributed by atoms with E-state index in [0.717, 1.165) is 11.3 Å². The van der Waals surface area contributed by atoms with Crippen molar-refractivity contribution in [2.24, 2.45) is 7.05 Å². The van der Waals surface area contributed by atoms with Gasteiger partial charge in [0.2, 0.25) is 5.78 Å². The molecule has 2 aromatic carbocycles. The SMILES string of the molecule is Cn1c(=O)c2ccccc2n2c(CN3CCN(C(=O)c4cccc(F)c4)CC3)nnc12. The number of hydrogen-bond donors (Lipinski definition) is 0. The van der Waals surface area contributed by atoms with E-state index in [1.54, 1.807) is 30.1 Å². The van der Waals surface area contributed by atoms with E-state index in [4.69, 9.17) is 0 Å². The van der Waals surface area contributed by atoms with Crippen molar-refractivity contribution >= 4 is 22.6 Å². The molecule has 1 saturated heterocycles. The standard InChI is InChI=1S/C22H21FN6O2/c1-26-21(31)17-7-2-3-8-18(17)29-19(24-25-22(26)29)14-27-9-11-28(12-10-27)20(30)15-5-4-6-16(23)13-15/h2-8,13H,9-12,14H2,1H3. The molecule has 0 atom stereocenters. The van der Waals surface area contributed by atoms with Gasteiger partial charge in [0.1, 0.15) is 5.82 Å². The van der Waals surface area contributed by atoms with Crippen LogP contribution in [-0.2, 0) is 13.6 Å². The van der Waals surface area contributed by atoms with Gasteiger partial charge in [-0.25, -0.2) is 4.39 Å². The second-order valence-electron chi connectivity index (χ2n) is 7.71. The highest BCUT2D eigenvalue weighted by Gasteiger charge is 2.24. The molecule has 0 radical (unpaired) electrons. The zero-order valence-corrected chi connectivity index (χ0v) is 17.0. The highest BCUT2D eigenvalue weighted by Crippen LogP contribution is 2.16. The second-order valence-corrected chi connectivity index (χ2v) is 7.71. The lowest BCUT2D eigenvalue weighted by atomic mass is 10.1. The lowest BCUT2D eigenvalue weighted by Crippen LogP contribution is -2.48. The Morgan fingerprint density at radius 3 is 2.58 bits per heavy atom.